The highest BCUT2D eigenvalue weighted by Crippen LogP contribution is 2.36. The predicted octanol–water partition coefficient (Wildman–Crippen LogP) is 1.77. The number of benzene rings is 1. The quantitative estimate of drug-likeness (QED) is 0.675. The maximum atomic E-state index is 14.5. The molecule has 2 aliphatic heterocycles. The Morgan fingerprint density at radius 3 is 2.52 bits per heavy atom. The van der Waals surface area contributed by atoms with E-state index < -0.39 is 5.82 Å². The molecule has 0 saturated carbocycles. The second-order valence-electron chi connectivity index (χ2n) is 7.60. The lowest BCUT2D eigenvalue weighted by molar-refractivity contribution is 0.0788. The van der Waals surface area contributed by atoms with E-state index in [0.717, 1.165) is 22.7 Å². The van der Waals surface area contributed by atoms with Crippen molar-refractivity contribution in [3.8, 4) is 5.69 Å². The van der Waals surface area contributed by atoms with Crippen molar-refractivity contribution in [3.63, 3.8) is 0 Å². The third kappa shape index (κ3) is 2.93. The second-order valence-corrected chi connectivity index (χ2v) is 7.60. The van der Waals surface area contributed by atoms with E-state index in [-0.39, 0.29) is 23.2 Å². The molecule has 2 aromatic heterocycles. The van der Waals surface area contributed by atoms with Gasteiger partial charge in [0, 0.05) is 36.9 Å². The number of hydrogen-bond donors (Lipinski definition) is 0. The molecule has 2 aliphatic rings. The normalized spacial score (nSPS) is 20.5. The fourth-order valence-electron chi connectivity index (χ4n) is 4.26. The smallest absolute Gasteiger partial charge is 0.256 e. The van der Waals surface area contributed by atoms with Crippen LogP contribution in [0.5, 0.6) is 0 Å². The van der Waals surface area contributed by atoms with Crippen molar-refractivity contribution in [1.82, 2.24) is 29.9 Å². The highest BCUT2D eigenvalue weighted by molar-refractivity contribution is 5.98. The minimum absolute atomic E-state index is 0.0799. The molecule has 2 atom stereocenters. The Bertz CT molecular complexity index is 1060. The Hall–Kier alpha value is -3.36. The zero-order valence-electron chi connectivity index (χ0n) is 16.2. The van der Waals surface area contributed by atoms with Gasteiger partial charge in [0.15, 0.2) is 5.82 Å². The van der Waals surface area contributed by atoms with Gasteiger partial charge < -0.3 is 9.80 Å². The number of fused-ring (bicyclic) bond motifs is 1. The van der Waals surface area contributed by atoms with Crippen LogP contribution in [0.15, 0.2) is 36.7 Å². The Labute approximate surface area is 167 Å². The Morgan fingerprint density at radius 1 is 1.07 bits per heavy atom. The summed E-state index contributed by atoms with van der Waals surface area (Å²) >= 11 is 0. The minimum atomic E-state index is -0.528. The van der Waals surface area contributed by atoms with Crippen molar-refractivity contribution < 1.29 is 9.18 Å². The van der Waals surface area contributed by atoms with E-state index in [4.69, 9.17) is 0 Å². The van der Waals surface area contributed by atoms with Crippen molar-refractivity contribution in [1.29, 1.82) is 0 Å². The zero-order valence-corrected chi connectivity index (χ0v) is 16.2. The SMILES string of the molecule is Cc1cc(C)nc(N2CC3CN(C(=O)c4cccc(F)c4-n4nccn4)CC32)n1. The van der Waals surface area contributed by atoms with Crippen LogP contribution in [0.2, 0.25) is 0 Å². The van der Waals surface area contributed by atoms with Crippen molar-refractivity contribution in [2.24, 2.45) is 5.92 Å². The Morgan fingerprint density at radius 2 is 1.79 bits per heavy atom. The molecule has 2 unspecified atom stereocenters. The Balaban J connectivity index is 1.39. The van der Waals surface area contributed by atoms with Gasteiger partial charge in [0.05, 0.1) is 24.0 Å². The first-order valence-corrected chi connectivity index (χ1v) is 9.54. The number of likely N-dealkylation sites (tertiary alicyclic amines) is 1. The average Bonchev–Trinajstić information content (AvgIpc) is 3.29. The van der Waals surface area contributed by atoms with Crippen LogP contribution in [0.3, 0.4) is 0 Å². The maximum absolute atomic E-state index is 14.5. The van der Waals surface area contributed by atoms with Gasteiger partial charge in [-0.15, -0.1) is 4.80 Å². The molecule has 2 fully saturated rings. The molecule has 4 heterocycles. The molecule has 0 N–H and O–H groups in total. The number of hydrogen-bond acceptors (Lipinski definition) is 6. The molecule has 3 aromatic rings. The number of rotatable bonds is 3. The number of halogens is 1. The van der Waals surface area contributed by atoms with E-state index in [2.05, 4.69) is 25.1 Å². The summed E-state index contributed by atoms with van der Waals surface area (Å²) in [6.45, 7) is 5.91. The Kier molecular flexibility index (Phi) is 4.04. The number of aryl methyl sites for hydroxylation is 2. The van der Waals surface area contributed by atoms with Crippen LogP contribution in [-0.2, 0) is 0 Å². The maximum Gasteiger partial charge on any atom is 0.256 e. The second kappa shape index (κ2) is 6.61. The molecule has 148 valence electrons. The molecule has 5 rings (SSSR count). The third-order valence-corrected chi connectivity index (χ3v) is 5.59. The number of nitrogens with zero attached hydrogens (tertiary/aromatic N) is 7. The van der Waals surface area contributed by atoms with Gasteiger partial charge in [0.2, 0.25) is 5.95 Å². The van der Waals surface area contributed by atoms with Crippen molar-refractivity contribution in [3.05, 3.63) is 59.4 Å². The fourth-order valence-corrected chi connectivity index (χ4v) is 4.26. The van der Waals surface area contributed by atoms with Crippen LogP contribution in [0.4, 0.5) is 10.3 Å². The third-order valence-electron chi connectivity index (χ3n) is 5.59. The first-order valence-electron chi connectivity index (χ1n) is 9.54. The van der Waals surface area contributed by atoms with Gasteiger partial charge >= 0.3 is 0 Å². The standard InChI is InChI=1S/C20H20FN7O/c1-12-8-13(2)25-20(24-12)27-10-14-9-26(11-17(14)27)19(29)15-4-3-5-16(21)18(15)28-22-6-7-23-28/h3-8,14,17H,9-11H2,1-2H3. The zero-order chi connectivity index (χ0) is 20.1. The average molecular weight is 393 g/mol. The molecule has 2 saturated heterocycles. The van der Waals surface area contributed by atoms with Gasteiger partial charge in [0.25, 0.3) is 5.91 Å². The summed E-state index contributed by atoms with van der Waals surface area (Å²) in [6.07, 6.45) is 2.91. The number of carbonyl (C=O) groups is 1. The van der Waals surface area contributed by atoms with Crippen molar-refractivity contribution >= 4 is 11.9 Å². The van der Waals surface area contributed by atoms with Gasteiger partial charge in [-0.05, 0) is 32.0 Å². The van der Waals surface area contributed by atoms with Gasteiger partial charge in [0.1, 0.15) is 5.69 Å². The summed E-state index contributed by atoms with van der Waals surface area (Å²) in [7, 11) is 0. The van der Waals surface area contributed by atoms with Crippen molar-refractivity contribution in [2.75, 3.05) is 24.5 Å². The van der Waals surface area contributed by atoms with E-state index in [1.165, 1.54) is 24.5 Å². The first-order chi connectivity index (χ1) is 14.0. The van der Waals surface area contributed by atoms with E-state index in [9.17, 15) is 9.18 Å². The van der Waals surface area contributed by atoms with Gasteiger partial charge in [-0.25, -0.2) is 14.4 Å². The molecule has 1 aromatic carbocycles. The molecule has 0 spiro atoms. The lowest BCUT2D eigenvalue weighted by Crippen LogP contribution is -2.56. The van der Waals surface area contributed by atoms with Crippen molar-refractivity contribution in [2.45, 2.75) is 19.9 Å². The number of aromatic nitrogens is 5. The summed E-state index contributed by atoms with van der Waals surface area (Å²) < 4.78 is 14.5. The molecule has 8 nitrogen and oxygen atoms in total. The molecule has 29 heavy (non-hydrogen) atoms. The summed E-state index contributed by atoms with van der Waals surface area (Å²) in [6, 6.07) is 6.59. The van der Waals surface area contributed by atoms with E-state index in [1.54, 1.807) is 11.0 Å². The lowest BCUT2D eigenvalue weighted by Gasteiger charge is -2.43. The minimum Gasteiger partial charge on any atom is -0.336 e. The highest BCUT2D eigenvalue weighted by Gasteiger charge is 2.48. The number of anilines is 1. The highest BCUT2D eigenvalue weighted by atomic mass is 19.1. The molecular weight excluding hydrogens is 373 g/mol. The largest absolute Gasteiger partial charge is 0.336 e. The number of amides is 1. The molecule has 1 amide bonds. The van der Waals surface area contributed by atoms with Crippen LogP contribution >= 0.6 is 0 Å². The number of para-hydroxylation sites is 1. The van der Waals surface area contributed by atoms with Crippen LogP contribution in [-0.4, -0.2) is 61.4 Å². The topological polar surface area (TPSA) is 80.0 Å². The van der Waals surface area contributed by atoms with Crippen LogP contribution < -0.4 is 4.90 Å². The predicted molar refractivity (Wildman–Crippen MR) is 103 cm³/mol. The molecule has 0 bridgehead atoms. The van der Waals surface area contributed by atoms with Crippen LogP contribution in [0.25, 0.3) is 5.69 Å². The molecular formula is C20H20FN7O. The first kappa shape index (κ1) is 17.7. The lowest BCUT2D eigenvalue weighted by atomic mass is 9.92. The summed E-state index contributed by atoms with van der Waals surface area (Å²) in [5, 5.41) is 7.99. The molecule has 9 heteroatoms. The number of carbonyl (C=O) groups excluding carboxylic acids is 1. The van der Waals surface area contributed by atoms with Crippen LogP contribution in [0.1, 0.15) is 21.7 Å². The van der Waals surface area contributed by atoms with Gasteiger partial charge in [-0.2, -0.15) is 10.2 Å². The monoisotopic (exact) mass is 393 g/mol. The van der Waals surface area contributed by atoms with Crippen LogP contribution in [0, 0.1) is 25.6 Å². The van der Waals surface area contributed by atoms with Gasteiger partial charge in [-0.1, -0.05) is 6.07 Å². The summed E-state index contributed by atoms with van der Waals surface area (Å²) in [5.41, 5.74) is 2.20. The van der Waals surface area contributed by atoms with E-state index in [1.807, 2.05) is 19.9 Å². The summed E-state index contributed by atoms with van der Waals surface area (Å²) in [4.78, 5) is 27.4. The summed E-state index contributed by atoms with van der Waals surface area (Å²) in [5.74, 6) is 0.334. The molecule has 0 aliphatic carbocycles. The van der Waals surface area contributed by atoms with E-state index in [0.29, 0.717) is 25.0 Å². The van der Waals surface area contributed by atoms with E-state index >= 15 is 0 Å². The van der Waals surface area contributed by atoms with Gasteiger partial charge in [-0.3, -0.25) is 4.79 Å². The molecule has 0 radical (unpaired) electrons. The fraction of sp³-hybridized carbons (Fsp3) is 0.350.